The van der Waals surface area contributed by atoms with Crippen molar-refractivity contribution in [3.8, 4) is 0 Å². The number of carboxylic acid groups (broad SMARTS) is 1. The number of amides is 1. The second-order valence-electron chi connectivity index (χ2n) is 4.19. The SMILES string of the molecule is C=CC(Cn1cc(I)c2c(Cl)ncnc21)N(C)C(=O)O. The number of hydrogen-bond acceptors (Lipinski definition) is 3. The van der Waals surface area contributed by atoms with Crippen LogP contribution in [0.4, 0.5) is 4.79 Å². The fourth-order valence-corrected chi connectivity index (χ4v) is 3.10. The Morgan fingerprint density at radius 3 is 3.00 bits per heavy atom. The highest BCUT2D eigenvalue weighted by molar-refractivity contribution is 14.1. The summed E-state index contributed by atoms with van der Waals surface area (Å²) in [6.45, 7) is 4.10. The molecule has 6 nitrogen and oxygen atoms in total. The van der Waals surface area contributed by atoms with Gasteiger partial charge in [0.15, 0.2) is 0 Å². The number of carbonyl (C=O) groups is 1. The number of hydrogen-bond donors (Lipinski definition) is 1. The zero-order chi connectivity index (χ0) is 14.9. The van der Waals surface area contributed by atoms with Gasteiger partial charge in [-0.15, -0.1) is 6.58 Å². The van der Waals surface area contributed by atoms with E-state index in [4.69, 9.17) is 16.7 Å². The van der Waals surface area contributed by atoms with Crippen molar-refractivity contribution in [1.82, 2.24) is 19.4 Å². The zero-order valence-electron chi connectivity index (χ0n) is 10.6. The Kier molecular flexibility index (Phi) is 4.48. The molecule has 0 radical (unpaired) electrons. The van der Waals surface area contributed by atoms with Gasteiger partial charge < -0.3 is 14.6 Å². The molecule has 0 bridgehead atoms. The number of nitrogens with zero attached hydrogens (tertiary/aromatic N) is 4. The molecular formula is C12H12ClIN4O2. The second-order valence-corrected chi connectivity index (χ2v) is 5.71. The molecule has 1 unspecified atom stereocenters. The van der Waals surface area contributed by atoms with Crippen LogP contribution in [-0.2, 0) is 6.54 Å². The third-order valence-corrected chi connectivity index (χ3v) is 4.12. The zero-order valence-corrected chi connectivity index (χ0v) is 13.5. The summed E-state index contributed by atoms with van der Waals surface area (Å²) in [5.74, 6) is 0. The summed E-state index contributed by atoms with van der Waals surface area (Å²) in [5.41, 5.74) is 0.681. The molecule has 8 heteroatoms. The minimum absolute atomic E-state index is 0.354. The predicted molar refractivity (Wildman–Crippen MR) is 85.0 cm³/mol. The van der Waals surface area contributed by atoms with Crippen molar-refractivity contribution in [2.75, 3.05) is 7.05 Å². The van der Waals surface area contributed by atoms with Crippen LogP contribution in [0.2, 0.25) is 5.15 Å². The van der Waals surface area contributed by atoms with Crippen molar-refractivity contribution in [2.24, 2.45) is 0 Å². The van der Waals surface area contributed by atoms with Crippen molar-refractivity contribution in [3.05, 3.63) is 33.9 Å². The Labute approximate surface area is 134 Å². The van der Waals surface area contributed by atoms with Crippen LogP contribution < -0.4 is 0 Å². The van der Waals surface area contributed by atoms with E-state index in [-0.39, 0.29) is 6.04 Å². The molecule has 20 heavy (non-hydrogen) atoms. The maximum Gasteiger partial charge on any atom is 0.407 e. The highest BCUT2D eigenvalue weighted by Crippen LogP contribution is 2.27. The Balaban J connectivity index is 2.41. The van der Waals surface area contributed by atoms with Crippen molar-refractivity contribution >= 4 is 51.3 Å². The third-order valence-electron chi connectivity index (χ3n) is 3.02. The van der Waals surface area contributed by atoms with Crippen LogP contribution in [0.3, 0.4) is 0 Å². The van der Waals surface area contributed by atoms with Crippen LogP contribution in [0.15, 0.2) is 25.2 Å². The summed E-state index contributed by atoms with van der Waals surface area (Å²) in [5, 5.41) is 10.2. The summed E-state index contributed by atoms with van der Waals surface area (Å²) < 4.78 is 2.78. The van der Waals surface area contributed by atoms with Gasteiger partial charge in [0.25, 0.3) is 0 Å². The Hall–Kier alpha value is -1.35. The molecule has 0 saturated carbocycles. The standard InChI is InChI=1S/C12H12ClIN4O2/c1-3-7(17(2)12(19)20)4-18-5-8(14)9-10(13)15-6-16-11(9)18/h3,5-7H,1,4H2,2H3,(H,19,20). The van der Waals surface area contributed by atoms with Crippen molar-refractivity contribution in [1.29, 1.82) is 0 Å². The van der Waals surface area contributed by atoms with E-state index in [1.54, 1.807) is 6.08 Å². The van der Waals surface area contributed by atoms with Crippen molar-refractivity contribution in [2.45, 2.75) is 12.6 Å². The lowest BCUT2D eigenvalue weighted by molar-refractivity contribution is 0.143. The average Bonchev–Trinajstić information content (AvgIpc) is 2.73. The van der Waals surface area contributed by atoms with Gasteiger partial charge in [0.1, 0.15) is 17.1 Å². The first kappa shape index (κ1) is 15.0. The van der Waals surface area contributed by atoms with E-state index in [1.165, 1.54) is 18.3 Å². The minimum Gasteiger partial charge on any atom is -0.465 e. The number of rotatable bonds is 4. The maximum absolute atomic E-state index is 11.0. The highest BCUT2D eigenvalue weighted by Gasteiger charge is 2.19. The normalized spacial score (nSPS) is 12.3. The largest absolute Gasteiger partial charge is 0.465 e. The van der Waals surface area contributed by atoms with E-state index in [9.17, 15) is 4.79 Å². The van der Waals surface area contributed by atoms with Crippen LogP contribution in [0, 0.1) is 3.57 Å². The lowest BCUT2D eigenvalue weighted by atomic mass is 10.2. The Bertz CT molecular complexity index is 673. The molecule has 0 aliphatic carbocycles. The van der Waals surface area contributed by atoms with E-state index in [2.05, 4.69) is 39.1 Å². The molecule has 2 aromatic rings. The first-order valence-electron chi connectivity index (χ1n) is 5.68. The van der Waals surface area contributed by atoms with Gasteiger partial charge in [-0.2, -0.15) is 0 Å². The number of likely N-dealkylation sites (N-methyl/N-ethyl adjacent to an activating group) is 1. The van der Waals surface area contributed by atoms with Crippen LogP contribution in [-0.4, -0.2) is 43.7 Å². The van der Waals surface area contributed by atoms with E-state index < -0.39 is 6.09 Å². The average molecular weight is 407 g/mol. The number of aromatic nitrogens is 3. The van der Waals surface area contributed by atoms with Gasteiger partial charge in [0.05, 0.1) is 11.4 Å². The molecule has 0 fully saturated rings. The lowest BCUT2D eigenvalue weighted by Gasteiger charge is -2.23. The monoisotopic (exact) mass is 406 g/mol. The second kappa shape index (κ2) is 5.96. The smallest absolute Gasteiger partial charge is 0.407 e. The van der Waals surface area contributed by atoms with Crippen LogP contribution in [0.5, 0.6) is 0 Å². The first-order valence-corrected chi connectivity index (χ1v) is 7.14. The van der Waals surface area contributed by atoms with Gasteiger partial charge in [0.2, 0.25) is 0 Å². The molecule has 0 aliphatic rings. The molecule has 2 aromatic heterocycles. The molecule has 0 aromatic carbocycles. The molecule has 106 valence electrons. The van der Waals surface area contributed by atoms with Gasteiger partial charge in [-0.3, -0.25) is 0 Å². The fraction of sp³-hybridized carbons (Fsp3) is 0.250. The van der Waals surface area contributed by atoms with Gasteiger partial charge in [0, 0.05) is 23.4 Å². The maximum atomic E-state index is 11.0. The summed E-state index contributed by atoms with van der Waals surface area (Å²) in [6.07, 6.45) is 3.85. The summed E-state index contributed by atoms with van der Waals surface area (Å²) in [7, 11) is 1.51. The van der Waals surface area contributed by atoms with Gasteiger partial charge in [-0.05, 0) is 22.6 Å². The quantitative estimate of drug-likeness (QED) is 0.481. The van der Waals surface area contributed by atoms with E-state index in [0.717, 1.165) is 8.96 Å². The first-order chi connectivity index (χ1) is 9.45. The molecule has 1 amide bonds. The van der Waals surface area contributed by atoms with Crippen LogP contribution >= 0.6 is 34.2 Å². The summed E-state index contributed by atoms with van der Waals surface area (Å²) in [6, 6.07) is -0.354. The summed E-state index contributed by atoms with van der Waals surface area (Å²) in [4.78, 5) is 20.4. The third kappa shape index (κ3) is 2.73. The number of halogens is 2. The van der Waals surface area contributed by atoms with Gasteiger partial charge in [-0.25, -0.2) is 14.8 Å². The predicted octanol–water partition coefficient (Wildman–Crippen LogP) is 2.85. The molecule has 0 saturated heterocycles. The minimum atomic E-state index is -1.01. The summed E-state index contributed by atoms with van der Waals surface area (Å²) >= 11 is 8.22. The van der Waals surface area contributed by atoms with Gasteiger partial charge in [-0.1, -0.05) is 17.7 Å². The fourth-order valence-electron chi connectivity index (χ4n) is 1.88. The molecule has 2 heterocycles. The topological polar surface area (TPSA) is 71.2 Å². The van der Waals surface area contributed by atoms with E-state index in [0.29, 0.717) is 17.3 Å². The molecule has 1 N–H and O–H groups in total. The Morgan fingerprint density at radius 1 is 1.70 bits per heavy atom. The van der Waals surface area contributed by atoms with Crippen molar-refractivity contribution < 1.29 is 9.90 Å². The molecule has 2 rings (SSSR count). The molecular weight excluding hydrogens is 395 g/mol. The number of fused-ring (bicyclic) bond motifs is 1. The van der Waals surface area contributed by atoms with E-state index >= 15 is 0 Å². The van der Waals surface area contributed by atoms with Crippen LogP contribution in [0.25, 0.3) is 11.0 Å². The molecule has 0 aliphatic heterocycles. The Morgan fingerprint density at radius 2 is 2.40 bits per heavy atom. The molecule has 0 spiro atoms. The van der Waals surface area contributed by atoms with Crippen LogP contribution in [0.1, 0.15) is 0 Å². The van der Waals surface area contributed by atoms with E-state index in [1.807, 2.05) is 10.8 Å². The molecule has 1 atom stereocenters. The lowest BCUT2D eigenvalue weighted by Crippen LogP contribution is -2.37. The highest BCUT2D eigenvalue weighted by atomic mass is 127. The van der Waals surface area contributed by atoms with Crippen molar-refractivity contribution in [3.63, 3.8) is 0 Å². The van der Waals surface area contributed by atoms with Gasteiger partial charge >= 0.3 is 6.09 Å².